The number of piperidine rings is 1. The van der Waals surface area contributed by atoms with Crippen molar-refractivity contribution in [3.8, 4) is 5.75 Å². The zero-order valence-electron chi connectivity index (χ0n) is 13.1. The van der Waals surface area contributed by atoms with E-state index in [1.54, 1.807) is 18.2 Å². The van der Waals surface area contributed by atoms with Crippen molar-refractivity contribution < 1.29 is 14.3 Å². The predicted octanol–water partition coefficient (Wildman–Crippen LogP) is 1.51. The number of methoxy groups -OCH3 is 1. The number of hydrogen-bond acceptors (Lipinski definition) is 4. The summed E-state index contributed by atoms with van der Waals surface area (Å²) in [5.41, 5.74) is 6.44. The van der Waals surface area contributed by atoms with E-state index in [0.717, 1.165) is 32.4 Å². The molecule has 7 nitrogen and oxygen atoms in total. The zero-order chi connectivity index (χ0) is 16.4. The van der Waals surface area contributed by atoms with Crippen LogP contribution in [0.25, 0.3) is 0 Å². The Hall–Kier alpha value is -2.28. The lowest BCUT2D eigenvalue weighted by atomic mass is 9.92. The van der Waals surface area contributed by atoms with Crippen LogP contribution in [0.15, 0.2) is 18.2 Å². The van der Waals surface area contributed by atoms with Crippen LogP contribution in [-0.4, -0.2) is 32.1 Å². The van der Waals surface area contributed by atoms with Gasteiger partial charge in [0.2, 0.25) is 5.91 Å². The average Bonchev–Trinajstić information content (AvgIpc) is 3.22. The Kier molecular flexibility index (Phi) is 4.12. The highest BCUT2D eigenvalue weighted by atomic mass is 16.5. The van der Waals surface area contributed by atoms with Gasteiger partial charge in [0, 0.05) is 17.7 Å². The molecule has 1 unspecified atom stereocenters. The standard InChI is InChI=1S/C16H22N4O3/c1-23-13-8-10(2-3-12(13)20-15(17)22)19-14(21)11-9-16(11)4-6-18-7-5-16/h2-3,8,11,18H,4-7,9H2,1H3,(H,19,21)(H3,17,20,22). The van der Waals surface area contributed by atoms with Crippen LogP contribution in [-0.2, 0) is 4.79 Å². The summed E-state index contributed by atoms with van der Waals surface area (Å²) in [6.45, 7) is 1.98. The second-order valence-electron chi connectivity index (χ2n) is 6.26. The van der Waals surface area contributed by atoms with Crippen LogP contribution >= 0.6 is 0 Å². The average molecular weight is 318 g/mol. The number of primary amides is 1. The van der Waals surface area contributed by atoms with E-state index in [0.29, 0.717) is 17.1 Å². The van der Waals surface area contributed by atoms with Gasteiger partial charge in [-0.2, -0.15) is 0 Å². The molecule has 1 heterocycles. The molecule has 1 spiro atoms. The molecule has 0 bridgehead atoms. The first-order valence-corrected chi connectivity index (χ1v) is 7.80. The molecule has 1 aliphatic heterocycles. The van der Waals surface area contributed by atoms with Crippen molar-refractivity contribution in [2.24, 2.45) is 17.1 Å². The van der Waals surface area contributed by atoms with Crippen LogP contribution in [0.5, 0.6) is 5.75 Å². The number of amides is 3. The molecule has 3 amide bonds. The van der Waals surface area contributed by atoms with Gasteiger partial charge in [-0.05, 0) is 49.9 Å². The topological polar surface area (TPSA) is 105 Å². The highest BCUT2D eigenvalue weighted by Crippen LogP contribution is 2.58. The summed E-state index contributed by atoms with van der Waals surface area (Å²) in [4.78, 5) is 23.4. The summed E-state index contributed by atoms with van der Waals surface area (Å²) < 4.78 is 5.22. The first-order chi connectivity index (χ1) is 11.0. The van der Waals surface area contributed by atoms with Gasteiger partial charge in [0.15, 0.2) is 0 Å². The molecule has 7 heteroatoms. The Morgan fingerprint density at radius 2 is 2.04 bits per heavy atom. The number of carbonyl (C=O) groups excluding carboxylic acids is 2. The lowest BCUT2D eigenvalue weighted by Gasteiger charge is -2.23. The third-order valence-electron chi connectivity index (χ3n) is 4.83. The molecule has 1 saturated heterocycles. The third kappa shape index (κ3) is 3.24. The molecule has 23 heavy (non-hydrogen) atoms. The Bertz CT molecular complexity index is 626. The molecule has 1 aliphatic carbocycles. The lowest BCUT2D eigenvalue weighted by molar-refractivity contribution is -0.118. The van der Waals surface area contributed by atoms with Crippen LogP contribution in [0, 0.1) is 11.3 Å². The summed E-state index contributed by atoms with van der Waals surface area (Å²) in [5.74, 6) is 0.609. The van der Waals surface area contributed by atoms with Gasteiger partial charge < -0.3 is 26.4 Å². The van der Waals surface area contributed by atoms with Gasteiger partial charge in [0.05, 0.1) is 12.8 Å². The Morgan fingerprint density at radius 1 is 1.30 bits per heavy atom. The molecule has 1 atom stereocenters. The molecule has 1 aromatic rings. The van der Waals surface area contributed by atoms with E-state index < -0.39 is 6.03 Å². The van der Waals surface area contributed by atoms with Crippen molar-refractivity contribution in [2.75, 3.05) is 30.8 Å². The largest absolute Gasteiger partial charge is 0.494 e. The predicted molar refractivity (Wildman–Crippen MR) is 87.5 cm³/mol. The molecule has 2 fully saturated rings. The fraction of sp³-hybridized carbons (Fsp3) is 0.500. The fourth-order valence-electron chi connectivity index (χ4n) is 3.43. The summed E-state index contributed by atoms with van der Waals surface area (Å²) in [6.07, 6.45) is 3.10. The van der Waals surface area contributed by atoms with Crippen molar-refractivity contribution in [3.05, 3.63) is 18.2 Å². The van der Waals surface area contributed by atoms with Crippen LogP contribution < -0.4 is 26.4 Å². The van der Waals surface area contributed by atoms with Gasteiger partial charge in [-0.1, -0.05) is 0 Å². The van der Waals surface area contributed by atoms with Crippen molar-refractivity contribution >= 4 is 23.3 Å². The maximum atomic E-state index is 12.4. The zero-order valence-corrected chi connectivity index (χ0v) is 13.1. The van der Waals surface area contributed by atoms with Crippen molar-refractivity contribution in [3.63, 3.8) is 0 Å². The van der Waals surface area contributed by atoms with E-state index in [1.807, 2.05) is 0 Å². The van der Waals surface area contributed by atoms with E-state index in [2.05, 4.69) is 16.0 Å². The van der Waals surface area contributed by atoms with Gasteiger partial charge in [-0.3, -0.25) is 4.79 Å². The number of hydrogen-bond donors (Lipinski definition) is 4. The van der Waals surface area contributed by atoms with E-state index in [9.17, 15) is 9.59 Å². The number of urea groups is 1. The smallest absolute Gasteiger partial charge is 0.316 e. The molecule has 2 aliphatic rings. The number of rotatable bonds is 4. The highest BCUT2D eigenvalue weighted by Gasteiger charge is 2.57. The van der Waals surface area contributed by atoms with Crippen molar-refractivity contribution in [1.29, 1.82) is 0 Å². The monoisotopic (exact) mass is 318 g/mol. The van der Waals surface area contributed by atoms with Gasteiger partial charge >= 0.3 is 6.03 Å². The second-order valence-corrected chi connectivity index (χ2v) is 6.26. The molecule has 1 aromatic carbocycles. The molecule has 3 rings (SSSR count). The minimum Gasteiger partial charge on any atom is -0.494 e. The number of ether oxygens (including phenoxy) is 1. The quantitative estimate of drug-likeness (QED) is 0.675. The SMILES string of the molecule is COc1cc(NC(=O)C2CC23CCNCC3)ccc1NC(N)=O. The number of nitrogens with one attached hydrogen (secondary N) is 3. The van der Waals surface area contributed by atoms with Crippen LogP contribution in [0.2, 0.25) is 0 Å². The molecular formula is C16H22N4O3. The lowest BCUT2D eigenvalue weighted by Crippen LogP contribution is -2.31. The number of carbonyl (C=O) groups is 2. The number of benzene rings is 1. The second kappa shape index (κ2) is 6.08. The van der Waals surface area contributed by atoms with E-state index in [-0.39, 0.29) is 17.2 Å². The summed E-state index contributed by atoms with van der Waals surface area (Å²) in [5, 5.41) is 8.76. The van der Waals surface area contributed by atoms with Crippen molar-refractivity contribution in [1.82, 2.24) is 5.32 Å². The van der Waals surface area contributed by atoms with E-state index in [4.69, 9.17) is 10.5 Å². The van der Waals surface area contributed by atoms with Crippen LogP contribution in [0.4, 0.5) is 16.2 Å². The third-order valence-corrected chi connectivity index (χ3v) is 4.83. The van der Waals surface area contributed by atoms with Gasteiger partial charge in [0.25, 0.3) is 0 Å². The molecule has 0 radical (unpaired) electrons. The van der Waals surface area contributed by atoms with Crippen LogP contribution in [0.3, 0.4) is 0 Å². The molecule has 124 valence electrons. The molecule has 5 N–H and O–H groups in total. The van der Waals surface area contributed by atoms with E-state index >= 15 is 0 Å². The van der Waals surface area contributed by atoms with Gasteiger partial charge in [0.1, 0.15) is 5.75 Å². The normalized spacial score (nSPS) is 21.5. The maximum Gasteiger partial charge on any atom is 0.316 e. The van der Waals surface area contributed by atoms with Gasteiger partial charge in [-0.25, -0.2) is 4.79 Å². The fourth-order valence-corrected chi connectivity index (χ4v) is 3.43. The first kappa shape index (κ1) is 15.6. The Balaban J connectivity index is 1.66. The van der Waals surface area contributed by atoms with Crippen molar-refractivity contribution in [2.45, 2.75) is 19.3 Å². The minimum atomic E-state index is -0.661. The molecule has 0 aromatic heterocycles. The highest BCUT2D eigenvalue weighted by molar-refractivity contribution is 5.96. The number of nitrogens with two attached hydrogens (primary N) is 1. The molecular weight excluding hydrogens is 296 g/mol. The van der Waals surface area contributed by atoms with Gasteiger partial charge in [-0.15, -0.1) is 0 Å². The van der Waals surface area contributed by atoms with E-state index in [1.165, 1.54) is 7.11 Å². The summed E-state index contributed by atoms with van der Waals surface area (Å²) in [7, 11) is 1.50. The Labute approximate surface area is 134 Å². The minimum absolute atomic E-state index is 0.0598. The summed E-state index contributed by atoms with van der Waals surface area (Å²) in [6, 6.07) is 4.40. The number of anilines is 2. The Morgan fingerprint density at radius 3 is 2.70 bits per heavy atom. The van der Waals surface area contributed by atoms with Crippen LogP contribution in [0.1, 0.15) is 19.3 Å². The molecule has 1 saturated carbocycles. The maximum absolute atomic E-state index is 12.4. The first-order valence-electron chi connectivity index (χ1n) is 7.80. The summed E-state index contributed by atoms with van der Waals surface area (Å²) >= 11 is 0.